The van der Waals surface area contributed by atoms with Crippen molar-refractivity contribution in [3.05, 3.63) is 63.4 Å². The average molecular weight is 346 g/mol. The minimum atomic E-state index is -4.60. The van der Waals surface area contributed by atoms with Gasteiger partial charge in [-0.3, -0.25) is 14.4 Å². The number of benzene rings is 2. The van der Waals surface area contributed by atoms with E-state index in [-0.39, 0.29) is 27.7 Å². The summed E-state index contributed by atoms with van der Waals surface area (Å²) in [6, 6.07) is 6.95. The molecule has 0 aliphatic carbocycles. The molecule has 5 rings (SSSR count). The second-order valence-electron chi connectivity index (χ2n) is 5.74. The average Bonchev–Trinajstić information content (AvgIpc) is 2.83. The number of halogens is 3. The van der Waals surface area contributed by atoms with Crippen LogP contribution in [0.1, 0.15) is 26.3 Å². The number of aromatic nitrogens is 1. The fourth-order valence-electron chi connectivity index (χ4n) is 3.15. The maximum atomic E-state index is 12.9. The first-order valence-electron chi connectivity index (χ1n) is 7.23. The zero-order valence-electron chi connectivity index (χ0n) is 12.7. The number of amides is 2. The van der Waals surface area contributed by atoms with Crippen molar-refractivity contribution in [2.24, 2.45) is 7.05 Å². The van der Waals surface area contributed by atoms with Crippen LogP contribution >= 0.6 is 0 Å². The lowest BCUT2D eigenvalue weighted by atomic mass is 10.0. The summed E-state index contributed by atoms with van der Waals surface area (Å²) < 4.78 is 40.0. The highest BCUT2D eigenvalue weighted by Crippen LogP contribution is 2.36. The second-order valence-corrected chi connectivity index (χ2v) is 5.74. The molecule has 0 radical (unpaired) electrons. The molecule has 8 heteroatoms. The topological polar surface area (TPSA) is 59.4 Å². The van der Waals surface area contributed by atoms with Gasteiger partial charge in [-0.05, 0) is 30.3 Å². The quantitative estimate of drug-likeness (QED) is 0.637. The van der Waals surface area contributed by atoms with Crippen LogP contribution in [-0.4, -0.2) is 16.4 Å². The van der Waals surface area contributed by atoms with Gasteiger partial charge in [-0.1, -0.05) is 6.07 Å². The van der Waals surface area contributed by atoms with E-state index >= 15 is 0 Å². The highest BCUT2D eigenvalue weighted by atomic mass is 19.4. The summed E-state index contributed by atoms with van der Waals surface area (Å²) in [4.78, 5) is 38.2. The fraction of sp³-hybridized carbons (Fsp3) is 0.118. The summed E-state index contributed by atoms with van der Waals surface area (Å²) in [6.07, 6.45) is -4.60. The van der Waals surface area contributed by atoms with Crippen molar-refractivity contribution in [2.75, 3.05) is 4.90 Å². The minimum absolute atomic E-state index is 0.0435. The number of nitrogens with zero attached hydrogens (tertiary/aromatic N) is 2. The van der Waals surface area contributed by atoms with E-state index in [0.717, 1.165) is 18.2 Å². The number of imide groups is 1. The number of hydrogen-bond acceptors (Lipinski definition) is 3. The molecule has 2 bridgehead atoms. The van der Waals surface area contributed by atoms with Crippen molar-refractivity contribution in [1.29, 1.82) is 0 Å². The first-order chi connectivity index (χ1) is 11.7. The van der Waals surface area contributed by atoms with Gasteiger partial charge < -0.3 is 4.57 Å². The zero-order valence-corrected chi connectivity index (χ0v) is 12.7. The third-order valence-electron chi connectivity index (χ3n) is 4.35. The van der Waals surface area contributed by atoms with Gasteiger partial charge in [0.2, 0.25) is 0 Å². The molecular formula is C17H9F3N2O3. The van der Waals surface area contributed by atoms with Crippen LogP contribution in [0.2, 0.25) is 0 Å². The molecule has 0 spiro atoms. The molecular weight excluding hydrogens is 337 g/mol. The van der Waals surface area contributed by atoms with Gasteiger partial charge >= 0.3 is 6.18 Å². The molecule has 2 aromatic heterocycles. The number of hydrogen-bond donors (Lipinski definition) is 0. The van der Waals surface area contributed by atoms with Gasteiger partial charge in [-0.2, -0.15) is 13.2 Å². The molecule has 0 unspecified atom stereocenters. The second kappa shape index (κ2) is 4.69. The monoisotopic (exact) mass is 346 g/mol. The van der Waals surface area contributed by atoms with Gasteiger partial charge in [0.05, 0.1) is 33.3 Å². The molecule has 1 aliphatic rings. The van der Waals surface area contributed by atoms with Crippen molar-refractivity contribution >= 4 is 28.4 Å². The molecule has 0 N–H and O–H groups in total. The molecule has 2 amide bonds. The van der Waals surface area contributed by atoms with E-state index in [2.05, 4.69) is 0 Å². The van der Waals surface area contributed by atoms with Crippen LogP contribution in [0.4, 0.5) is 18.9 Å². The lowest BCUT2D eigenvalue weighted by Crippen LogP contribution is -2.29. The summed E-state index contributed by atoms with van der Waals surface area (Å²) in [5.74, 6) is -1.53. The summed E-state index contributed by atoms with van der Waals surface area (Å²) in [7, 11) is 1.47. The van der Waals surface area contributed by atoms with Crippen molar-refractivity contribution in [2.45, 2.75) is 6.18 Å². The lowest BCUT2D eigenvalue weighted by molar-refractivity contribution is -0.137. The Morgan fingerprint density at radius 2 is 1.60 bits per heavy atom. The number of fused-ring (bicyclic) bond motifs is 2. The molecule has 0 atom stereocenters. The van der Waals surface area contributed by atoms with Crippen LogP contribution in [0, 0.1) is 0 Å². The molecule has 0 saturated heterocycles. The Labute approximate surface area is 138 Å². The van der Waals surface area contributed by atoms with E-state index in [4.69, 9.17) is 0 Å². The molecule has 0 fully saturated rings. The molecule has 2 aromatic carbocycles. The predicted octanol–water partition coefficient (Wildman–Crippen LogP) is 2.80. The van der Waals surface area contributed by atoms with Crippen molar-refractivity contribution in [1.82, 2.24) is 4.57 Å². The molecule has 126 valence electrons. The predicted molar refractivity (Wildman–Crippen MR) is 83.0 cm³/mol. The van der Waals surface area contributed by atoms with Gasteiger partial charge in [-0.15, -0.1) is 0 Å². The van der Waals surface area contributed by atoms with Crippen molar-refractivity contribution in [3.63, 3.8) is 0 Å². The third-order valence-corrected chi connectivity index (χ3v) is 4.35. The molecule has 1 aliphatic heterocycles. The molecule has 0 saturated carbocycles. The van der Waals surface area contributed by atoms with Crippen LogP contribution in [0.25, 0.3) is 10.9 Å². The normalized spacial score (nSPS) is 14.6. The van der Waals surface area contributed by atoms with E-state index in [1.54, 1.807) is 0 Å². The summed E-state index contributed by atoms with van der Waals surface area (Å²) in [5.41, 5.74) is -1.32. The first kappa shape index (κ1) is 15.4. The highest BCUT2D eigenvalue weighted by molar-refractivity contribution is 6.38. The van der Waals surface area contributed by atoms with E-state index in [0.29, 0.717) is 4.90 Å². The number of carbonyl (C=O) groups is 2. The Kier molecular flexibility index (Phi) is 2.88. The maximum Gasteiger partial charge on any atom is 0.416 e. The number of alkyl halides is 3. The number of carbonyl (C=O) groups excluding carboxylic acids is 2. The lowest BCUT2D eigenvalue weighted by Gasteiger charge is -2.16. The van der Waals surface area contributed by atoms with Crippen molar-refractivity contribution < 1.29 is 22.8 Å². The Morgan fingerprint density at radius 3 is 2.28 bits per heavy atom. The molecule has 5 nitrogen and oxygen atoms in total. The van der Waals surface area contributed by atoms with Crippen molar-refractivity contribution in [3.8, 4) is 0 Å². The van der Waals surface area contributed by atoms with Crippen LogP contribution in [0.15, 0.2) is 41.2 Å². The molecule has 25 heavy (non-hydrogen) atoms. The minimum Gasteiger partial charge on any atom is -0.311 e. The summed E-state index contributed by atoms with van der Waals surface area (Å²) >= 11 is 0. The maximum absolute atomic E-state index is 12.9. The van der Waals surface area contributed by atoms with Crippen LogP contribution in [-0.2, 0) is 13.2 Å². The standard InChI is InChI=1S/C17H9F3N2O3/c1-21-11-6-5-10(14(21)23)12-13(11)16(25)22(15(12)24)9-4-2-3-8(7-9)17(18,19)20/h2-7H,1H3. The Hall–Kier alpha value is -3.16. The highest BCUT2D eigenvalue weighted by Gasteiger charge is 2.42. The van der Waals surface area contributed by atoms with Gasteiger partial charge in [0.15, 0.2) is 0 Å². The fourth-order valence-corrected chi connectivity index (χ4v) is 3.15. The molecule has 4 aromatic rings. The Bertz CT molecular complexity index is 1110. The Balaban J connectivity index is 1.92. The van der Waals surface area contributed by atoms with Crippen LogP contribution in [0.5, 0.6) is 0 Å². The number of pyridine rings is 2. The zero-order chi connectivity index (χ0) is 18.1. The van der Waals surface area contributed by atoms with E-state index in [1.165, 1.54) is 29.8 Å². The van der Waals surface area contributed by atoms with Crippen LogP contribution in [0.3, 0.4) is 0 Å². The van der Waals surface area contributed by atoms with E-state index in [1.807, 2.05) is 0 Å². The number of aryl methyl sites for hydroxylation is 1. The van der Waals surface area contributed by atoms with Crippen LogP contribution < -0.4 is 10.5 Å². The van der Waals surface area contributed by atoms with E-state index in [9.17, 15) is 27.6 Å². The molecule has 3 heterocycles. The van der Waals surface area contributed by atoms with Gasteiger partial charge in [0.1, 0.15) is 0 Å². The first-order valence-corrected chi connectivity index (χ1v) is 7.23. The number of rotatable bonds is 1. The largest absolute Gasteiger partial charge is 0.416 e. The summed E-state index contributed by atoms with van der Waals surface area (Å²) in [5, 5.41) is 0.0697. The summed E-state index contributed by atoms with van der Waals surface area (Å²) in [6.45, 7) is 0. The number of anilines is 1. The third kappa shape index (κ3) is 1.93. The smallest absolute Gasteiger partial charge is 0.311 e. The van der Waals surface area contributed by atoms with Gasteiger partial charge in [0.25, 0.3) is 17.4 Å². The SMILES string of the molecule is Cn1c(=O)c2ccc1c1c2C(=O)N(c2cccc(C(F)(F)F)c2)C1=O. The van der Waals surface area contributed by atoms with E-state index < -0.39 is 29.1 Å². The van der Waals surface area contributed by atoms with Gasteiger partial charge in [0, 0.05) is 7.05 Å². The van der Waals surface area contributed by atoms with Gasteiger partial charge in [-0.25, -0.2) is 4.90 Å². The Morgan fingerprint density at radius 1 is 0.920 bits per heavy atom.